The second-order valence-electron chi connectivity index (χ2n) is 5.42. The lowest BCUT2D eigenvalue weighted by Gasteiger charge is -2.17. The number of ether oxygens (including phenoxy) is 5. The third kappa shape index (κ3) is 2.86. The van der Waals surface area contributed by atoms with Gasteiger partial charge in [-0.3, -0.25) is 4.79 Å². The van der Waals surface area contributed by atoms with Gasteiger partial charge in [0.15, 0.2) is 17.3 Å². The molecular formula is C19H17NO6. The van der Waals surface area contributed by atoms with E-state index in [1.54, 1.807) is 37.4 Å². The molecule has 0 amide bonds. The minimum Gasteiger partial charge on any atom is -0.497 e. The summed E-state index contributed by atoms with van der Waals surface area (Å²) in [5.41, 5.74) is 0.743. The molecule has 2 aromatic carbocycles. The van der Waals surface area contributed by atoms with E-state index in [9.17, 15) is 10.1 Å². The van der Waals surface area contributed by atoms with Crippen LogP contribution in [0.2, 0.25) is 0 Å². The molecule has 0 spiro atoms. The first-order chi connectivity index (χ1) is 12.6. The lowest BCUT2D eigenvalue weighted by Crippen LogP contribution is -2.13. The molecule has 3 rings (SSSR count). The Morgan fingerprint density at radius 2 is 1.77 bits per heavy atom. The van der Waals surface area contributed by atoms with E-state index in [4.69, 9.17) is 23.7 Å². The van der Waals surface area contributed by atoms with Crippen molar-refractivity contribution in [1.82, 2.24) is 0 Å². The summed E-state index contributed by atoms with van der Waals surface area (Å²) in [6.07, 6.45) is 0. The highest BCUT2D eigenvalue weighted by molar-refractivity contribution is 6.03. The van der Waals surface area contributed by atoms with E-state index in [2.05, 4.69) is 0 Å². The fraction of sp³-hybridized carbons (Fsp3) is 0.263. The van der Waals surface area contributed by atoms with Crippen LogP contribution in [0.15, 0.2) is 30.3 Å². The molecule has 0 saturated heterocycles. The number of carbonyl (C=O) groups is 1. The first kappa shape index (κ1) is 17.4. The van der Waals surface area contributed by atoms with Gasteiger partial charge in [0, 0.05) is 11.1 Å². The maximum atomic E-state index is 12.9. The molecule has 0 bridgehead atoms. The van der Waals surface area contributed by atoms with Crippen LogP contribution >= 0.6 is 0 Å². The van der Waals surface area contributed by atoms with Crippen molar-refractivity contribution in [2.45, 2.75) is 5.92 Å². The SMILES string of the molecule is COc1ccc(C(=O)[C@@H](C#N)c2cc3c(c(OC)c2OC)OCO3)cc1. The third-order valence-corrected chi connectivity index (χ3v) is 4.09. The molecule has 7 nitrogen and oxygen atoms in total. The fourth-order valence-corrected chi connectivity index (χ4v) is 2.82. The van der Waals surface area contributed by atoms with Gasteiger partial charge in [-0.15, -0.1) is 0 Å². The van der Waals surface area contributed by atoms with Gasteiger partial charge in [0.25, 0.3) is 0 Å². The number of methoxy groups -OCH3 is 3. The summed E-state index contributed by atoms with van der Waals surface area (Å²) in [6.45, 7) is 0.0297. The Kier molecular flexibility index (Phi) is 4.85. The summed E-state index contributed by atoms with van der Waals surface area (Å²) in [5, 5.41) is 9.68. The second kappa shape index (κ2) is 7.23. The maximum Gasteiger partial charge on any atom is 0.231 e. The predicted molar refractivity (Wildman–Crippen MR) is 91.3 cm³/mol. The lowest BCUT2D eigenvalue weighted by molar-refractivity contribution is 0.0977. The average molecular weight is 355 g/mol. The van der Waals surface area contributed by atoms with Crippen molar-refractivity contribution < 1.29 is 28.5 Å². The molecule has 0 fully saturated rings. The van der Waals surface area contributed by atoms with Gasteiger partial charge in [0.1, 0.15) is 11.7 Å². The van der Waals surface area contributed by atoms with Crippen LogP contribution in [0.25, 0.3) is 0 Å². The molecule has 0 saturated carbocycles. The number of ketones is 1. The van der Waals surface area contributed by atoms with Gasteiger partial charge in [0.2, 0.25) is 18.3 Å². The average Bonchev–Trinajstić information content (AvgIpc) is 3.15. The van der Waals surface area contributed by atoms with Crippen LogP contribution in [0, 0.1) is 11.3 Å². The highest BCUT2D eigenvalue weighted by Gasteiger charge is 2.32. The molecule has 134 valence electrons. The van der Waals surface area contributed by atoms with Crippen molar-refractivity contribution in [2.24, 2.45) is 0 Å². The van der Waals surface area contributed by atoms with E-state index < -0.39 is 5.92 Å². The molecule has 0 radical (unpaired) electrons. The number of fused-ring (bicyclic) bond motifs is 1. The van der Waals surface area contributed by atoms with Gasteiger partial charge in [0.05, 0.1) is 27.4 Å². The van der Waals surface area contributed by atoms with Crippen LogP contribution in [0.4, 0.5) is 0 Å². The number of carbonyl (C=O) groups excluding carboxylic acids is 1. The first-order valence-corrected chi connectivity index (χ1v) is 7.77. The van der Waals surface area contributed by atoms with E-state index in [-0.39, 0.29) is 18.3 Å². The van der Waals surface area contributed by atoms with Crippen LogP contribution in [-0.4, -0.2) is 33.9 Å². The van der Waals surface area contributed by atoms with Crippen molar-refractivity contribution >= 4 is 5.78 Å². The smallest absolute Gasteiger partial charge is 0.231 e. The number of benzene rings is 2. The monoisotopic (exact) mass is 355 g/mol. The summed E-state index contributed by atoms with van der Waals surface area (Å²) in [4.78, 5) is 12.9. The zero-order chi connectivity index (χ0) is 18.7. The zero-order valence-corrected chi connectivity index (χ0v) is 14.6. The summed E-state index contributed by atoms with van der Waals surface area (Å²) in [7, 11) is 4.44. The number of hydrogen-bond acceptors (Lipinski definition) is 7. The van der Waals surface area contributed by atoms with E-state index in [1.807, 2.05) is 6.07 Å². The Bertz CT molecular complexity index is 869. The number of Topliss-reactive ketones (excluding diaryl/α,β-unsaturated/α-hetero) is 1. The Labute approximate surface area is 150 Å². The molecule has 0 N–H and O–H groups in total. The molecule has 0 aromatic heterocycles. The summed E-state index contributed by atoms with van der Waals surface area (Å²) < 4.78 is 26.7. The molecule has 2 aromatic rings. The zero-order valence-electron chi connectivity index (χ0n) is 14.6. The van der Waals surface area contributed by atoms with Crippen molar-refractivity contribution in [3.05, 3.63) is 41.5 Å². The van der Waals surface area contributed by atoms with Crippen molar-refractivity contribution in [3.8, 4) is 34.8 Å². The highest BCUT2D eigenvalue weighted by Crippen LogP contribution is 2.51. The van der Waals surface area contributed by atoms with Gasteiger partial charge in [-0.25, -0.2) is 0 Å². The molecule has 1 atom stereocenters. The first-order valence-electron chi connectivity index (χ1n) is 7.77. The molecule has 1 heterocycles. The van der Waals surface area contributed by atoms with Crippen molar-refractivity contribution in [1.29, 1.82) is 5.26 Å². The Morgan fingerprint density at radius 1 is 1.08 bits per heavy atom. The van der Waals surface area contributed by atoms with Gasteiger partial charge >= 0.3 is 0 Å². The molecular weight excluding hydrogens is 338 g/mol. The fourth-order valence-electron chi connectivity index (χ4n) is 2.82. The second-order valence-corrected chi connectivity index (χ2v) is 5.42. The predicted octanol–water partition coefficient (Wildman–Crippen LogP) is 2.93. The number of nitriles is 1. The minimum atomic E-state index is -1.10. The highest BCUT2D eigenvalue weighted by atomic mass is 16.7. The summed E-state index contributed by atoms with van der Waals surface area (Å²) in [6, 6.07) is 10.2. The Hall–Kier alpha value is -3.40. The van der Waals surface area contributed by atoms with Crippen molar-refractivity contribution in [2.75, 3.05) is 28.1 Å². The minimum absolute atomic E-state index is 0.0297. The maximum absolute atomic E-state index is 12.9. The normalized spacial score (nSPS) is 12.8. The Balaban J connectivity index is 2.07. The van der Waals surface area contributed by atoms with Gasteiger partial charge in [-0.1, -0.05) is 0 Å². The van der Waals surface area contributed by atoms with Crippen LogP contribution in [-0.2, 0) is 0 Å². The van der Waals surface area contributed by atoms with Crippen molar-refractivity contribution in [3.63, 3.8) is 0 Å². The standard InChI is InChI=1S/C19H17NO6/c1-22-12-6-4-11(5-7-12)16(21)14(9-20)13-8-15-18(26-10-25-15)19(24-3)17(13)23-2/h4-8,14H,10H2,1-3H3/t14-/m0/s1. The number of rotatable bonds is 6. The van der Waals surface area contributed by atoms with Gasteiger partial charge in [-0.2, -0.15) is 5.26 Å². The van der Waals surface area contributed by atoms with Gasteiger partial charge in [-0.05, 0) is 30.3 Å². The van der Waals surface area contributed by atoms with Gasteiger partial charge < -0.3 is 23.7 Å². The number of hydrogen-bond donors (Lipinski definition) is 0. The quantitative estimate of drug-likeness (QED) is 0.736. The lowest BCUT2D eigenvalue weighted by atomic mass is 9.90. The molecule has 0 unspecified atom stereocenters. The molecule has 26 heavy (non-hydrogen) atoms. The van der Waals surface area contributed by atoms with E-state index in [0.29, 0.717) is 34.1 Å². The topological polar surface area (TPSA) is 87.0 Å². The molecule has 0 aliphatic carbocycles. The molecule has 1 aliphatic rings. The summed E-state index contributed by atoms with van der Waals surface area (Å²) in [5.74, 6) is 0.515. The van der Waals surface area contributed by atoms with Crippen LogP contribution in [0.5, 0.6) is 28.7 Å². The van der Waals surface area contributed by atoms with E-state index >= 15 is 0 Å². The molecule has 1 aliphatic heterocycles. The van der Waals surface area contributed by atoms with E-state index in [0.717, 1.165) is 0 Å². The summed E-state index contributed by atoms with van der Waals surface area (Å²) >= 11 is 0. The van der Waals surface area contributed by atoms with Crippen LogP contribution in [0.1, 0.15) is 21.8 Å². The molecule has 7 heteroatoms. The van der Waals surface area contributed by atoms with E-state index in [1.165, 1.54) is 14.2 Å². The number of nitrogens with zero attached hydrogens (tertiary/aromatic N) is 1. The third-order valence-electron chi connectivity index (χ3n) is 4.09. The van der Waals surface area contributed by atoms with Crippen LogP contribution < -0.4 is 23.7 Å². The Morgan fingerprint density at radius 3 is 2.35 bits per heavy atom. The van der Waals surface area contributed by atoms with Crippen LogP contribution in [0.3, 0.4) is 0 Å². The largest absolute Gasteiger partial charge is 0.497 e.